The minimum Gasteiger partial charge on any atom is -0.366 e. The van der Waals surface area contributed by atoms with Crippen LogP contribution in [0.15, 0.2) is 22.7 Å². The van der Waals surface area contributed by atoms with E-state index in [2.05, 4.69) is 10.5 Å². The number of carbonyl (C=O) groups excluding carboxylic acids is 1. The minimum atomic E-state index is -0.641. The first-order valence-corrected chi connectivity index (χ1v) is 6.64. The molecule has 1 heterocycles. The monoisotopic (exact) mass is 291 g/mol. The first-order valence-electron chi connectivity index (χ1n) is 6.64. The fourth-order valence-electron chi connectivity index (χ4n) is 2.32. The smallest absolute Gasteiger partial charge is 0.248 e. The van der Waals surface area contributed by atoms with E-state index in [0.29, 0.717) is 12.1 Å². The normalized spacial score (nSPS) is 12.4. The van der Waals surface area contributed by atoms with Gasteiger partial charge in [-0.05, 0) is 32.9 Å². The fourth-order valence-corrected chi connectivity index (χ4v) is 2.32. The highest BCUT2D eigenvalue weighted by molar-refractivity contribution is 5.92. The molecule has 2 aromatic rings. The quantitative estimate of drug-likeness (QED) is 0.886. The Bertz CT molecular complexity index is 647. The second-order valence-corrected chi connectivity index (χ2v) is 5.01. The van der Waals surface area contributed by atoms with E-state index in [4.69, 9.17) is 10.3 Å². The van der Waals surface area contributed by atoms with Gasteiger partial charge in [-0.25, -0.2) is 4.39 Å². The summed E-state index contributed by atoms with van der Waals surface area (Å²) in [5.41, 5.74) is 7.54. The number of amides is 1. The number of rotatable bonds is 5. The Morgan fingerprint density at radius 2 is 2.19 bits per heavy atom. The summed E-state index contributed by atoms with van der Waals surface area (Å²) in [4.78, 5) is 11.0. The number of carbonyl (C=O) groups is 1. The number of hydrogen-bond donors (Lipinski definition) is 2. The summed E-state index contributed by atoms with van der Waals surface area (Å²) >= 11 is 0. The standard InChI is InChI=1S/C15H18FN3O2/c1-8(14-9(2)19-21-10(14)3)18-7-12-5-4-11(15(17)20)6-13(12)16/h4-6,8,18H,7H2,1-3H3,(H2,17,20). The van der Waals surface area contributed by atoms with Crippen LogP contribution < -0.4 is 11.1 Å². The lowest BCUT2D eigenvalue weighted by atomic mass is 10.1. The largest absolute Gasteiger partial charge is 0.366 e. The molecule has 1 atom stereocenters. The van der Waals surface area contributed by atoms with Crippen molar-refractivity contribution in [2.24, 2.45) is 5.73 Å². The van der Waals surface area contributed by atoms with Crippen molar-refractivity contribution >= 4 is 5.91 Å². The Morgan fingerprint density at radius 3 is 2.71 bits per heavy atom. The van der Waals surface area contributed by atoms with Gasteiger partial charge in [0, 0.05) is 29.3 Å². The molecule has 1 unspecified atom stereocenters. The van der Waals surface area contributed by atoms with Crippen LogP contribution in [0, 0.1) is 19.7 Å². The lowest BCUT2D eigenvalue weighted by molar-refractivity contribution is 0.1000. The molecule has 0 aliphatic heterocycles. The number of aryl methyl sites for hydroxylation is 2. The SMILES string of the molecule is Cc1noc(C)c1C(C)NCc1ccc(C(N)=O)cc1F. The molecule has 1 aromatic heterocycles. The minimum absolute atomic E-state index is 0.0218. The first-order chi connectivity index (χ1) is 9.90. The lowest BCUT2D eigenvalue weighted by Gasteiger charge is -2.14. The van der Waals surface area contributed by atoms with Crippen LogP contribution >= 0.6 is 0 Å². The molecule has 0 aliphatic rings. The van der Waals surface area contributed by atoms with Crippen LogP contribution in [-0.4, -0.2) is 11.1 Å². The van der Waals surface area contributed by atoms with Crippen LogP contribution in [0.2, 0.25) is 0 Å². The number of nitrogens with zero attached hydrogens (tertiary/aromatic N) is 1. The third-order valence-corrected chi connectivity index (χ3v) is 3.46. The predicted molar refractivity (Wildman–Crippen MR) is 76.1 cm³/mol. The maximum Gasteiger partial charge on any atom is 0.248 e. The molecule has 3 N–H and O–H groups in total. The van der Waals surface area contributed by atoms with Gasteiger partial charge in [-0.2, -0.15) is 0 Å². The predicted octanol–water partition coefficient (Wildman–Crippen LogP) is 2.38. The Morgan fingerprint density at radius 1 is 1.48 bits per heavy atom. The maximum atomic E-state index is 13.9. The van der Waals surface area contributed by atoms with Crippen molar-refractivity contribution in [1.29, 1.82) is 0 Å². The zero-order valence-electron chi connectivity index (χ0n) is 12.2. The summed E-state index contributed by atoms with van der Waals surface area (Å²) in [6.45, 7) is 6.00. The molecule has 1 amide bonds. The van der Waals surface area contributed by atoms with Crippen LogP contribution in [0.1, 0.15) is 45.9 Å². The van der Waals surface area contributed by atoms with Crippen LogP contribution in [0.4, 0.5) is 4.39 Å². The molecule has 0 aliphatic carbocycles. The molecule has 0 spiro atoms. The number of benzene rings is 1. The van der Waals surface area contributed by atoms with Crippen molar-refractivity contribution < 1.29 is 13.7 Å². The second kappa shape index (κ2) is 6.05. The van der Waals surface area contributed by atoms with Crippen LogP contribution in [0.25, 0.3) is 0 Å². The van der Waals surface area contributed by atoms with Crippen molar-refractivity contribution in [2.75, 3.05) is 0 Å². The molecule has 0 bridgehead atoms. The summed E-state index contributed by atoms with van der Waals surface area (Å²) in [6, 6.07) is 4.21. The van der Waals surface area contributed by atoms with Crippen molar-refractivity contribution in [1.82, 2.24) is 10.5 Å². The first kappa shape index (κ1) is 15.2. The van der Waals surface area contributed by atoms with Crippen LogP contribution in [0.5, 0.6) is 0 Å². The summed E-state index contributed by atoms with van der Waals surface area (Å²) in [5.74, 6) is -0.348. The van der Waals surface area contributed by atoms with Gasteiger partial charge in [0.25, 0.3) is 0 Å². The average molecular weight is 291 g/mol. The van der Waals surface area contributed by atoms with E-state index in [1.54, 1.807) is 6.07 Å². The van der Waals surface area contributed by atoms with Crippen LogP contribution in [0.3, 0.4) is 0 Å². The lowest BCUT2D eigenvalue weighted by Crippen LogP contribution is -2.20. The van der Waals surface area contributed by atoms with E-state index >= 15 is 0 Å². The summed E-state index contributed by atoms with van der Waals surface area (Å²) in [6.07, 6.45) is 0. The molecule has 6 heteroatoms. The Balaban J connectivity index is 2.08. The average Bonchev–Trinajstić information content (AvgIpc) is 2.76. The zero-order valence-corrected chi connectivity index (χ0v) is 12.2. The number of primary amides is 1. The number of nitrogens with one attached hydrogen (secondary N) is 1. The molecule has 112 valence electrons. The van der Waals surface area contributed by atoms with Gasteiger partial charge in [0.1, 0.15) is 11.6 Å². The molecule has 1 aromatic carbocycles. The third kappa shape index (κ3) is 3.28. The Labute approximate surface area is 122 Å². The summed E-state index contributed by atoms with van der Waals surface area (Å²) in [7, 11) is 0. The molecular weight excluding hydrogens is 273 g/mol. The van der Waals surface area contributed by atoms with E-state index in [9.17, 15) is 9.18 Å². The van der Waals surface area contributed by atoms with Gasteiger partial charge >= 0.3 is 0 Å². The molecule has 0 fully saturated rings. The highest BCUT2D eigenvalue weighted by atomic mass is 19.1. The van der Waals surface area contributed by atoms with E-state index in [1.807, 2.05) is 20.8 Å². The number of halogens is 1. The molecular formula is C15H18FN3O2. The summed E-state index contributed by atoms with van der Waals surface area (Å²) in [5, 5.41) is 7.12. The van der Waals surface area contributed by atoms with Crippen LogP contribution in [-0.2, 0) is 6.54 Å². The Kier molecular flexibility index (Phi) is 4.37. The van der Waals surface area contributed by atoms with E-state index in [-0.39, 0.29) is 11.6 Å². The third-order valence-electron chi connectivity index (χ3n) is 3.46. The van der Waals surface area contributed by atoms with Gasteiger partial charge < -0.3 is 15.6 Å². The number of aromatic nitrogens is 1. The molecule has 5 nitrogen and oxygen atoms in total. The van der Waals surface area contributed by atoms with Gasteiger partial charge in [-0.3, -0.25) is 4.79 Å². The van der Waals surface area contributed by atoms with Gasteiger partial charge in [-0.15, -0.1) is 0 Å². The molecule has 0 saturated heterocycles. The summed E-state index contributed by atoms with van der Waals surface area (Å²) < 4.78 is 19.0. The highest BCUT2D eigenvalue weighted by Gasteiger charge is 2.16. The molecule has 2 rings (SSSR count). The van der Waals surface area contributed by atoms with Gasteiger partial charge in [-0.1, -0.05) is 11.2 Å². The number of hydrogen-bond acceptors (Lipinski definition) is 4. The van der Waals surface area contributed by atoms with E-state index < -0.39 is 11.7 Å². The highest BCUT2D eigenvalue weighted by Crippen LogP contribution is 2.21. The molecule has 0 radical (unpaired) electrons. The van der Waals surface area contributed by atoms with Crippen molar-refractivity contribution in [3.05, 3.63) is 52.2 Å². The van der Waals surface area contributed by atoms with Crippen molar-refractivity contribution in [3.8, 4) is 0 Å². The van der Waals surface area contributed by atoms with E-state index in [1.165, 1.54) is 6.07 Å². The number of nitrogens with two attached hydrogens (primary N) is 1. The molecule has 0 saturated carbocycles. The maximum absolute atomic E-state index is 13.9. The Hall–Kier alpha value is -2.21. The van der Waals surface area contributed by atoms with Crippen molar-refractivity contribution in [3.63, 3.8) is 0 Å². The topological polar surface area (TPSA) is 81.2 Å². The zero-order chi connectivity index (χ0) is 15.6. The molecule has 21 heavy (non-hydrogen) atoms. The fraction of sp³-hybridized carbons (Fsp3) is 0.333. The van der Waals surface area contributed by atoms with Crippen molar-refractivity contribution in [2.45, 2.75) is 33.4 Å². The second-order valence-electron chi connectivity index (χ2n) is 5.01. The van der Waals surface area contributed by atoms with E-state index in [0.717, 1.165) is 23.1 Å². The van der Waals surface area contributed by atoms with Gasteiger partial charge in [0.15, 0.2) is 0 Å². The van der Waals surface area contributed by atoms with Gasteiger partial charge in [0.2, 0.25) is 5.91 Å². The van der Waals surface area contributed by atoms with Gasteiger partial charge in [0.05, 0.1) is 5.69 Å².